The molecule has 0 heterocycles. The lowest BCUT2D eigenvalue weighted by Gasteiger charge is -2.15. The van der Waals surface area contributed by atoms with E-state index in [1.54, 1.807) is 6.92 Å². The Bertz CT molecular complexity index is 617. The van der Waals surface area contributed by atoms with Crippen molar-refractivity contribution in [2.75, 3.05) is 27.8 Å². The number of nitrogens with one attached hydrogen (secondary N) is 1. The molecule has 1 atom stereocenters. The molecule has 21 heavy (non-hydrogen) atoms. The number of amides is 1. The van der Waals surface area contributed by atoms with Crippen LogP contribution in [0.25, 0.3) is 0 Å². The summed E-state index contributed by atoms with van der Waals surface area (Å²) in [5, 5.41) is 2.88. The Morgan fingerprint density at radius 2 is 2.05 bits per heavy atom. The van der Waals surface area contributed by atoms with Gasteiger partial charge in [-0.25, -0.2) is 12.7 Å². The van der Waals surface area contributed by atoms with Crippen molar-refractivity contribution < 1.29 is 17.9 Å². The first-order valence-electron chi connectivity index (χ1n) is 6.22. The van der Waals surface area contributed by atoms with Gasteiger partial charge in [0.05, 0.1) is 22.1 Å². The van der Waals surface area contributed by atoms with Gasteiger partial charge in [-0.3, -0.25) is 4.79 Å². The normalized spacial score (nSPS) is 13.2. The molecule has 1 amide bonds. The molecule has 0 fully saturated rings. The highest BCUT2D eigenvalue weighted by Gasteiger charge is 2.21. The Balaban J connectivity index is 3.11. The maximum atomic E-state index is 12.1. The molecule has 8 heteroatoms. The summed E-state index contributed by atoms with van der Waals surface area (Å²) in [7, 11) is 0.751. The minimum atomic E-state index is -3.62. The molecule has 1 rings (SSSR count). The van der Waals surface area contributed by atoms with Crippen LogP contribution in [0.5, 0.6) is 0 Å². The van der Waals surface area contributed by atoms with E-state index >= 15 is 0 Å². The van der Waals surface area contributed by atoms with E-state index in [0.29, 0.717) is 6.61 Å². The van der Waals surface area contributed by atoms with Crippen LogP contribution in [0, 0.1) is 0 Å². The smallest absolute Gasteiger partial charge is 0.253 e. The molecule has 1 aromatic rings. The number of sulfonamides is 1. The van der Waals surface area contributed by atoms with Crippen molar-refractivity contribution in [2.24, 2.45) is 0 Å². The molecule has 0 unspecified atom stereocenters. The van der Waals surface area contributed by atoms with Gasteiger partial charge in [-0.15, -0.1) is 0 Å². The molecule has 0 spiro atoms. The van der Waals surface area contributed by atoms with Gasteiger partial charge >= 0.3 is 0 Å². The summed E-state index contributed by atoms with van der Waals surface area (Å²) in [4.78, 5) is 12.2. The average molecular weight is 335 g/mol. The van der Waals surface area contributed by atoms with Crippen LogP contribution in [0.15, 0.2) is 23.1 Å². The summed E-state index contributed by atoms with van der Waals surface area (Å²) in [6.45, 7) is 2.12. The fraction of sp³-hybridized carbons (Fsp3) is 0.462. The summed E-state index contributed by atoms with van der Waals surface area (Å²) in [5.41, 5.74) is 0.113. The fourth-order valence-corrected chi connectivity index (χ4v) is 2.77. The van der Waals surface area contributed by atoms with Crippen molar-refractivity contribution in [3.05, 3.63) is 28.8 Å². The molecule has 0 aliphatic heterocycles. The van der Waals surface area contributed by atoms with Gasteiger partial charge < -0.3 is 10.1 Å². The van der Waals surface area contributed by atoms with E-state index < -0.39 is 15.9 Å². The molecule has 0 saturated carbocycles. The molecule has 6 nitrogen and oxygen atoms in total. The lowest BCUT2D eigenvalue weighted by atomic mass is 10.2. The Kier molecular flexibility index (Phi) is 6.15. The molecule has 0 aromatic heterocycles. The van der Waals surface area contributed by atoms with Crippen LogP contribution >= 0.6 is 11.6 Å². The van der Waals surface area contributed by atoms with Crippen molar-refractivity contribution in [3.8, 4) is 0 Å². The standard InChI is InChI=1S/C13H19ClN2O4S/c1-9(8-20-4)15-13(17)11-7-10(5-6-12(11)14)21(18,19)16(2)3/h5-7,9H,8H2,1-4H3,(H,15,17)/t9-/m0/s1. The van der Waals surface area contributed by atoms with E-state index in [2.05, 4.69) is 5.32 Å². The third-order valence-electron chi connectivity index (χ3n) is 2.76. The minimum absolute atomic E-state index is 0.0152. The van der Waals surface area contributed by atoms with Crippen molar-refractivity contribution >= 4 is 27.5 Å². The summed E-state index contributed by atoms with van der Waals surface area (Å²) in [6, 6.07) is 3.82. The second kappa shape index (κ2) is 7.22. The number of rotatable bonds is 6. The number of ether oxygens (including phenoxy) is 1. The Labute approximate surface area is 130 Å². The van der Waals surface area contributed by atoms with Crippen LogP contribution in [0.4, 0.5) is 0 Å². The number of halogens is 1. The third kappa shape index (κ3) is 4.41. The highest BCUT2D eigenvalue weighted by Crippen LogP contribution is 2.22. The van der Waals surface area contributed by atoms with E-state index in [1.807, 2.05) is 0 Å². The molecule has 0 radical (unpaired) electrons. The topological polar surface area (TPSA) is 75.7 Å². The van der Waals surface area contributed by atoms with Crippen molar-refractivity contribution in [1.29, 1.82) is 0 Å². The van der Waals surface area contributed by atoms with Crippen molar-refractivity contribution in [1.82, 2.24) is 9.62 Å². The monoisotopic (exact) mass is 334 g/mol. The molecular weight excluding hydrogens is 316 g/mol. The Hall–Kier alpha value is -1.15. The van der Waals surface area contributed by atoms with E-state index in [1.165, 1.54) is 39.4 Å². The molecule has 1 aromatic carbocycles. The number of benzene rings is 1. The Morgan fingerprint density at radius 3 is 2.57 bits per heavy atom. The lowest BCUT2D eigenvalue weighted by Crippen LogP contribution is -2.35. The first kappa shape index (κ1) is 17.9. The molecule has 118 valence electrons. The zero-order valence-electron chi connectivity index (χ0n) is 12.4. The number of methoxy groups -OCH3 is 1. The number of hydrogen-bond acceptors (Lipinski definition) is 4. The van der Waals surface area contributed by atoms with Crippen molar-refractivity contribution in [3.63, 3.8) is 0 Å². The minimum Gasteiger partial charge on any atom is -0.383 e. The third-order valence-corrected chi connectivity index (χ3v) is 4.90. The molecule has 0 aliphatic rings. The van der Waals surface area contributed by atoms with Crippen LogP contribution in [0.1, 0.15) is 17.3 Å². The van der Waals surface area contributed by atoms with Gasteiger partial charge in [-0.2, -0.15) is 0 Å². The Morgan fingerprint density at radius 1 is 1.43 bits per heavy atom. The van der Waals surface area contributed by atoms with Gasteiger partial charge in [-0.05, 0) is 25.1 Å². The van der Waals surface area contributed by atoms with Crippen LogP contribution in [0.3, 0.4) is 0 Å². The molecule has 0 bridgehead atoms. The van der Waals surface area contributed by atoms with Crippen LogP contribution in [-0.4, -0.2) is 52.5 Å². The molecular formula is C13H19ClN2O4S. The summed E-state index contributed by atoms with van der Waals surface area (Å²) >= 11 is 5.98. The number of carbonyl (C=O) groups is 1. The number of carbonyl (C=O) groups excluding carboxylic acids is 1. The first-order valence-corrected chi connectivity index (χ1v) is 8.03. The van der Waals surface area contributed by atoms with Gasteiger partial charge in [0.2, 0.25) is 10.0 Å². The predicted octanol–water partition coefficient (Wildman–Crippen LogP) is 1.36. The zero-order valence-corrected chi connectivity index (χ0v) is 14.0. The lowest BCUT2D eigenvalue weighted by molar-refractivity contribution is 0.0905. The number of nitrogens with zero attached hydrogens (tertiary/aromatic N) is 1. The highest BCUT2D eigenvalue weighted by molar-refractivity contribution is 7.89. The van der Waals surface area contributed by atoms with E-state index in [0.717, 1.165) is 4.31 Å². The molecule has 0 aliphatic carbocycles. The van der Waals surface area contributed by atoms with Gasteiger partial charge in [0, 0.05) is 27.2 Å². The van der Waals surface area contributed by atoms with Gasteiger partial charge in [0.15, 0.2) is 0 Å². The van der Waals surface area contributed by atoms with Crippen molar-refractivity contribution in [2.45, 2.75) is 17.9 Å². The fourth-order valence-electron chi connectivity index (χ4n) is 1.64. The van der Waals surface area contributed by atoms with E-state index in [9.17, 15) is 13.2 Å². The van der Waals surface area contributed by atoms with Gasteiger partial charge in [0.25, 0.3) is 5.91 Å². The van der Waals surface area contributed by atoms with Gasteiger partial charge in [0.1, 0.15) is 0 Å². The molecule has 0 saturated heterocycles. The first-order chi connectivity index (χ1) is 9.70. The molecule has 1 N–H and O–H groups in total. The quantitative estimate of drug-likeness (QED) is 0.852. The summed E-state index contributed by atoms with van der Waals surface area (Å²) in [6.07, 6.45) is 0. The summed E-state index contributed by atoms with van der Waals surface area (Å²) in [5.74, 6) is -0.444. The van der Waals surface area contributed by atoms with Crippen LogP contribution in [-0.2, 0) is 14.8 Å². The second-order valence-corrected chi connectivity index (χ2v) is 7.32. The SMILES string of the molecule is COC[C@H](C)NC(=O)c1cc(S(=O)(=O)N(C)C)ccc1Cl. The second-order valence-electron chi connectivity index (χ2n) is 4.76. The summed E-state index contributed by atoms with van der Waals surface area (Å²) < 4.78 is 30.2. The highest BCUT2D eigenvalue weighted by atomic mass is 35.5. The maximum absolute atomic E-state index is 12.1. The zero-order chi connectivity index (χ0) is 16.2. The van der Waals surface area contributed by atoms with E-state index in [4.69, 9.17) is 16.3 Å². The maximum Gasteiger partial charge on any atom is 0.253 e. The predicted molar refractivity (Wildman–Crippen MR) is 81.1 cm³/mol. The van der Waals surface area contributed by atoms with Crippen LogP contribution < -0.4 is 5.32 Å². The van der Waals surface area contributed by atoms with Crippen LogP contribution in [0.2, 0.25) is 5.02 Å². The van der Waals surface area contributed by atoms with Gasteiger partial charge in [-0.1, -0.05) is 11.6 Å². The largest absolute Gasteiger partial charge is 0.383 e. The average Bonchev–Trinajstić information content (AvgIpc) is 2.38. The number of hydrogen-bond donors (Lipinski definition) is 1. The van der Waals surface area contributed by atoms with E-state index in [-0.39, 0.29) is 21.5 Å².